The fourth-order valence-corrected chi connectivity index (χ4v) is 5.29. The van der Waals surface area contributed by atoms with Crippen LogP contribution < -0.4 is 11.1 Å². The monoisotopic (exact) mass is 980 g/mol. The van der Waals surface area contributed by atoms with Crippen molar-refractivity contribution in [2.75, 3.05) is 33.6 Å². The average Bonchev–Trinajstić information content (AvgIpc) is 3.25. The first-order valence-corrected chi connectivity index (χ1v) is 21.8. The molecule has 0 unspecified atom stereocenters. The molecular weight excluding hydrogens is 942 g/mol. The molecule has 6 rings (SSSR count). The highest BCUT2D eigenvalue weighted by Gasteiger charge is 2.16. The number of ketones is 1. The number of amides is 2. The number of carbonyl (C=O) groups excluding carboxylic acids is 3. The quantitative estimate of drug-likeness (QED) is 0.0701. The van der Waals surface area contributed by atoms with E-state index in [1.165, 1.54) is 57.0 Å². The molecule has 0 saturated heterocycles. The number of carboxylic acid groups (broad SMARTS) is 1. The first-order chi connectivity index (χ1) is 29.8. The van der Waals surface area contributed by atoms with Gasteiger partial charge in [-0.25, -0.2) is 24.0 Å². The Balaban J connectivity index is 0.000000358. The number of fused-ring (bicyclic) bond motifs is 1. The lowest BCUT2D eigenvalue weighted by Crippen LogP contribution is -2.26. The molecule has 0 aliphatic rings. The summed E-state index contributed by atoms with van der Waals surface area (Å²) in [7, 11) is 11.9. The number of aromatic nitrogens is 5. The number of carbonyl (C=O) groups is 4. The van der Waals surface area contributed by atoms with Crippen LogP contribution in [0.5, 0.6) is 0 Å². The average molecular weight is 983 g/mol. The zero-order valence-electron chi connectivity index (χ0n) is 34.4. The first kappa shape index (κ1) is 53.8. The van der Waals surface area contributed by atoms with Gasteiger partial charge in [0.2, 0.25) is 15.0 Å². The number of hydrogen-bond donors (Lipinski definition) is 3. The SMILES string of the molecule is CCOC.CON(C)C(=O)c1cc(Cl)ccn1.Cc1cc(N)nc(C)c1CNC(=O)c1ccnc(C(=O)c2ccc3ncc(Cl)cc3c2)c1.O=C(O)c1cc(Cl)ccn1.O=S(Cl)Cl. The Morgan fingerprint density at radius 2 is 1.37 bits per heavy atom. The van der Waals surface area contributed by atoms with Crippen LogP contribution in [0.4, 0.5) is 5.82 Å². The lowest BCUT2D eigenvalue weighted by atomic mass is 10.0. The topological polar surface area (TPSA) is 230 Å². The van der Waals surface area contributed by atoms with E-state index in [4.69, 9.17) is 54.7 Å². The second-order valence-electron chi connectivity index (χ2n) is 12.2. The summed E-state index contributed by atoms with van der Waals surface area (Å²) in [4.78, 5) is 72.1. The molecule has 6 aromatic rings. The number of carboxylic acids is 1. The predicted molar refractivity (Wildman–Crippen MR) is 246 cm³/mol. The molecule has 5 heterocycles. The summed E-state index contributed by atoms with van der Waals surface area (Å²) in [5.74, 6) is -1.56. The third-order valence-corrected chi connectivity index (χ3v) is 8.57. The first-order valence-electron chi connectivity index (χ1n) is 17.9. The maximum Gasteiger partial charge on any atom is 0.354 e. The maximum atomic E-state index is 13.0. The smallest absolute Gasteiger partial charge is 0.354 e. The highest BCUT2D eigenvalue weighted by Crippen LogP contribution is 2.20. The molecule has 2 amide bonds. The van der Waals surface area contributed by atoms with Gasteiger partial charge in [-0.2, -0.15) is 0 Å². The van der Waals surface area contributed by atoms with Gasteiger partial charge in [-0.15, -0.1) is 0 Å². The zero-order valence-corrected chi connectivity index (χ0v) is 39.0. The summed E-state index contributed by atoms with van der Waals surface area (Å²) >= 11 is 17.2. The molecule has 22 heteroatoms. The van der Waals surface area contributed by atoms with Gasteiger partial charge in [-0.1, -0.05) is 34.8 Å². The number of aryl methyl sites for hydroxylation is 2. The summed E-state index contributed by atoms with van der Waals surface area (Å²) in [5.41, 5.74) is 10.3. The fraction of sp³-hybridized carbons (Fsp3) is 0.195. The van der Waals surface area contributed by atoms with Crippen LogP contribution >= 0.6 is 56.2 Å². The Hall–Kier alpha value is -5.37. The van der Waals surface area contributed by atoms with Gasteiger partial charge < -0.3 is 20.9 Å². The van der Waals surface area contributed by atoms with Gasteiger partial charge in [-0.05, 0) is 98.6 Å². The number of nitrogens with two attached hydrogens (primary N) is 1. The van der Waals surface area contributed by atoms with Crippen molar-refractivity contribution in [1.82, 2.24) is 35.3 Å². The van der Waals surface area contributed by atoms with Crippen LogP contribution in [-0.4, -0.2) is 90.7 Å². The number of methoxy groups -OCH3 is 1. The van der Waals surface area contributed by atoms with Gasteiger partial charge in [-0.3, -0.25) is 34.2 Å². The Labute approximate surface area is 389 Å². The second-order valence-corrected chi connectivity index (χ2v) is 16.0. The van der Waals surface area contributed by atoms with Crippen molar-refractivity contribution in [3.05, 3.63) is 152 Å². The largest absolute Gasteiger partial charge is 0.477 e. The molecule has 63 heavy (non-hydrogen) atoms. The summed E-state index contributed by atoms with van der Waals surface area (Å²) in [6.07, 6.45) is 5.83. The summed E-state index contributed by atoms with van der Waals surface area (Å²) in [5, 5.41) is 14.4. The molecule has 0 radical (unpaired) electrons. The minimum atomic E-state index is -1.67. The van der Waals surface area contributed by atoms with Crippen molar-refractivity contribution in [3.63, 3.8) is 0 Å². The number of anilines is 1. The van der Waals surface area contributed by atoms with E-state index >= 15 is 0 Å². The van der Waals surface area contributed by atoms with Crippen molar-refractivity contribution < 1.29 is 38.1 Å². The van der Waals surface area contributed by atoms with E-state index in [1.807, 2.05) is 20.8 Å². The van der Waals surface area contributed by atoms with Crippen molar-refractivity contribution in [3.8, 4) is 0 Å². The summed E-state index contributed by atoms with van der Waals surface area (Å²) in [6, 6.07) is 17.6. The molecule has 0 spiro atoms. The second kappa shape index (κ2) is 27.6. The van der Waals surface area contributed by atoms with E-state index < -0.39 is 15.2 Å². The zero-order chi connectivity index (χ0) is 47.2. The van der Waals surface area contributed by atoms with Crippen LogP contribution in [-0.2, 0) is 25.3 Å². The highest BCUT2D eigenvalue weighted by atomic mass is 36.0. The third-order valence-electron chi connectivity index (χ3n) is 7.90. The highest BCUT2D eigenvalue weighted by molar-refractivity contribution is 8.26. The van der Waals surface area contributed by atoms with Crippen molar-refractivity contribution in [2.24, 2.45) is 0 Å². The van der Waals surface area contributed by atoms with Crippen molar-refractivity contribution >= 4 is 106 Å². The van der Waals surface area contributed by atoms with Gasteiger partial charge in [0, 0.05) is 106 Å². The lowest BCUT2D eigenvalue weighted by molar-refractivity contribution is -0.0760. The number of rotatable bonds is 9. The van der Waals surface area contributed by atoms with Crippen LogP contribution in [0.1, 0.15) is 71.1 Å². The van der Waals surface area contributed by atoms with Crippen LogP contribution in [0.3, 0.4) is 0 Å². The predicted octanol–water partition coefficient (Wildman–Crippen LogP) is 8.54. The Morgan fingerprint density at radius 3 is 1.90 bits per heavy atom. The molecule has 0 fully saturated rings. The van der Waals surface area contributed by atoms with Crippen LogP contribution in [0.2, 0.25) is 15.1 Å². The molecule has 16 nitrogen and oxygen atoms in total. The van der Waals surface area contributed by atoms with E-state index in [0.29, 0.717) is 38.6 Å². The van der Waals surface area contributed by atoms with Crippen LogP contribution in [0.25, 0.3) is 10.9 Å². The van der Waals surface area contributed by atoms with Crippen LogP contribution in [0, 0.1) is 13.8 Å². The van der Waals surface area contributed by atoms with E-state index in [1.54, 1.807) is 55.8 Å². The number of aromatic carboxylic acids is 1. The summed E-state index contributed by atoms with van der Waals surface area (Å²) in [6.45, 7) is 6.84. The number of benzene rings is 1. The minimum absolute atomic E-state index is 0.0347. The molecular formula is C41H41Cl5N8O8S. The Kier molecular flexibility index (Phi) is 23.6. The van der Waals surface area contributed by atoms with Gasteiger partial charge in [0.05, 0.1) is 17.6 Å². The van der Waals surface area contributed by atoms with Crippen molar-refractivity contribution in [2.45, 2.75) is 27.3 Å². The molecule has 0 aliphatic carbocycles. The van der Waals surface area contributed by atoms with Gasteiger partial charge >= 0.3 is 5.97 Å². The molecule has 1 aromatic carbocycles. The van der Waals surface area contributed by atoms with E-state index in [-0.39, 0.29) is 34.7 Å². The minimum Gasteiger partial charge on any atom is -0.477 e. The summed E-state index contributed by atoms with van der Waals surface area (Å²) < 4.78 is 13.6. The fourth-order valence-electron chi connectivity index (χ4n) is 4.80. The normalized spacial score (nSPS) is 10.0. The molecule has 0 aliphatic heterocycles. The number of halogens is 5. The van der Waals surface area contributed by atoms with E-state index in [9.17, 15) is 19.2 Å². The molecule has 4 N–H and O–H groups in total. The van der Waals surface area contributed by atoms with E-state index in [2.05, 4.69) is 56.3 Å². The molecule has 334 valence electrons. The van der Waals surface area contributed by atoms with Crippen molar-refractivity contribution in [1.29, 1.82) is 0 Å². The van der Waals surface area contributed by atoms with Crippen LogP contribution in [0.15, 0.2) is 91.5 Å². The number of nitrogens with zero attached hydrogens (tertiary/aromatic N) is 6. The lowest BCUT2D eigenvalue weighted by Gasteiger charge is -2.12. The molecule has 0 bridgehead atoms. The third kappa shape index (κ3) is 18.9. The number of hydrogen-bond acceptors (Lipinski definition) is 13. The Bertz CT molecular complexity index is 2510. The maximum absolute atomic E-state index is 13.0. The number of pyridine rings is 5. The standard InChI is InChI=1S/C24H20ClN5O2.C8H9ClN2O2.C6H4ClNO2.C3H8O.Cl2OS/c1-13-7-22(26)30-14(2)19(13)12-29-24(32)16-5-6-27-21(10-16)23(31)15-3-4-20-17(8-15)9-18(25)11-28-20;1-11(13-2)8(12)7-5-6(9)3-4-10-7;7-4-1-2-8-5(3-4)6(9)10;1-3-4-2;1-4(2)3/h3-11H,12H2,1-2H3,(H2,26,30)(H,29,32);3-5H,1-2H3;1-3H,(H,9,10);3H2,1-2H3;. The number of nitrogens with one attached hydrogen (secondary N) is 1. The van der Waals surface area contributed by atoms with E-state index in [0.717, 1.165) is 39.4 Å². The number of hydroxylamine groups is 2. The number of ether oxygens (including phenoxy) is 1. The number of nitrogen functional groups attached to an aromatic ring is 1. The van der Waals surface area contributed by atoms with Gasteiger partial charge in [0.15, 0.2) is 0 Å². The van der Waals surface area contributed by atoms with Gasteiger partial charge in [0.25, 0.3) is 11.8 Å². The molecule has 5 aromatic heterocycles. The molecule has 0 saturated carbocycles. The Morgan fingerprint density at radius 1 is 0.794 bits per heavy atom. The molecule has 0 atom stereocenters. The van der Waals surface area contributed by atoms with Gasteiger partial charge in [0.1, 0.15) is 22.9 Å².